The van der Waals surface area contributed by atoms with Gasteiger partial charge in [-0.15, -0.1) is 0 Å². The van der Waals surface area contributed by atoms with Crippen molar-refractivity contribution in [2.75, 3.05) is 14.2 Å². The smallest absolute Gasteiger partial charge is 0.305 e. The molecule has 0 aromatic heterocycles. The monoisotopic (exact) mass is 394 g/mol. The predicted octanol–water partition coefficient (Wildman–Crippen LogP) is 6.40. The molecule has 0 saturated carbocycles. The summed E-state index contributed by atoms with van der Waals surface area (Å²) in [6.07, 6.45) is 14.3. The molecule has 0 aromatic rings. The molecule has 0 saturated heterocycles. The molecule has 0 spiro atoms. The lowest BCUT2D eigenvalue weighted by atomic mass is 9.90. The molecule has 0 aromatic carbocycles. The van der Waals surface area contributed by atoms with Crippen LogP contribution in [0.2, 0.25) is 0 Å². The number of methoxy groups -OCH3 is 2. The third-order valence-corrected chi connectivity index (χ3v) is 5.19. The van der Waals surface area contributed by atoms with E-state index in [0.717, 1.165) is 51.4 Å². The van der Waals surface area contributed by atoms with Gasteiger partial charge >= 0.3 is 11.9 Å². The van der Waals surface area contributed by atoms with Crippen molar-refractivity contribution in [2.24, 2.45) is 11.8 Å². The van der Waals surface area contributed by atoms with Gasteiger partial charge in [0.2, 0.25) is 0 Å². The van der Waals surface area contributed by atoms with E-state index in [4.69, 9.17) is 4.74 Å². The van der Waals surface area contributed by atoms with Crippen molar-refractivity contribution in [3.8, 4) is 0 Å². The third-order valence-electron chi connectivity index (χ3n) is 5.19. The van der Waals surface area contributed by atoms with Gasteiger partial charge in [0.05, 0.1) is 14.2 Å². The molecule has 4 heteroatoms. The molecule has 4 nitrogen and oxygen atoms in total. The number of allylic oxidation sites excluding steroid dienone is 4. The predicted molar refractivity (Wildman–Crippen MR) is 116 cm³/mol. The van der Waals surface area contributed by atoms with E-state index in [2.05, 4.69) is 44.6 Å². The highest BCUT2D eigenvalue weighted by atomic mass is 16.5. The first-order valence-electron chi connectivity index (χ1n) is 10.8. The van der Waals surface area contributed by atoms with E-state index in [1.54, 1.807) is 0 Å². The Hall–Kier alpha value is -1.58. The van der Waals surface area contributed by atoms with Gasteiger partial charge in [0, 0.05) is 12.8 Å². The maximum atomic E-state index is 11.2. The Morgan fingerprint density at radius 1 is 0.750 bits per heavy atom. The summed E-state index contributed by atoms with van der Waals surface area (Å²) in [6, 6.07) is 0. The summed E-state index contributed by atoms with van der Waals surface area (Å²) >= 11 is 0. The highest BCUT2D eigenvalue weighted by Gasteiger charge is 2.09. The van der Waals surface area contributed by atoms with Crippen LogP contribution in [0.3, 0.4) is 0 Å². The number of carbonyl (C=O) groups is 2. The number of hydrogen-bond donors (Lipinski definition) is 0. The fraction of sp³-hybridized carbons (Fsp3) is 0.750. The number of ether oxygens (including phenoxy) is 2. The molecule has 0 fully saturated rings. The van der Waals surface area contributed by atoms with Crippen molar-refractivity contribution < 1.29 is 19.1 Å². The van der Waals surface area contributed by atoms with Crippen LogP contribution in [-0.2, 0) is 19.1 Å². The van der Waals surface area contributed by atoms with Crippen molar-refractivity contribution >= 4 is 11.9 Å². The molecule has 0 amide bonds. The molecule has 2 unspecified atom stereocenters. The Morgan fingerprint density at radius 3 is 1.71 bits per heavy atom. The maximum absolute atomic E-state index is 11.2. The van der Waals surface area contributed by atoms with E-state index in [1.807, 2.05) is 0 Å². The second kappa shape index (κ2) is 16.4. The summed E-state index contributed by atoms with van der Waals surface area (Å²) in [7, 11) is 2.89. The molecule has 0 aliphatic rings. The molecule has 0 radical (unpaired) electrons. The van der Waals surface area contributed by atoms with E-state index in [1.165, 1.54) is 25.4 Å². The zero-order valence-electron chi connectivity index (χ0n) is 19.0. The summed E-state index contributed by atoms with van der Waals surface area (Å²) in [6.45, 7) is 8.83. The van der Waals surface area contributed by atoms with Crippen molar-refractivity contribution in [1.82, 2.24) is 0 Å². The normalized spacial score (nSPS) is 13.6. The lowest BCUT2D eigenvalue weighted by Gasteiger charge is -2.16. The standard InChI is InChI=1S/C24H42O4/c1-19(2)17-22(14-10-8-12-16-24(26)28-6)18-21(4)20(3)13-9-7-11-15-23(25)27-5/h17-18,20,22H,7-16H2,1-6H3. The molecule has 0 bridgehead atoms. The van der Waals surface area contributed by atoms with Gasteiger partial charge in [0.1, 0.15) is 0 Å². The van der Waals surface area contributed by atoms with Gasteiger partial charge < -0.3 is 9.47 Å². The lowest BCUT2D eigenvalue weighted by Crippen LogP contribution is -2.03. The molecule has 0 rings (SSSR count). The molecule has 2 atom stereocenters. The van der Waals surface area contributed by atoms with E-state index in [0.29, 0.717) is 24.7 Å². The summed E-state index contributed by atoms with van der Waals surface area (Å²) in [5, 5.41) is 0. The molecule has 162 valence electrons. The Labute approximate surface area is 172 Å². The first-order valence-corrected chi connectivity index (χ1v) is 10.8. The molecule has 28 heavy (non-hydrogen) atoms. The van der Waals surface area contributed by atoms with Crippen molar-refractivity contribution in [3.63, 3.8) is 0 Å². The van der Waals surface area contributed by atoms with Crippen LogP contribution in [0, 0.1) is 11.8 Å². The second-order valence-electron chi connectivity index (χ2n) is 8.07. The van der Waals surface area contributed by atoms with Gasteiger partial charge in [-0.25, -0.2) is 0 Å². The van der Waals surface area contributed by atoms with Crippen LogP contribution in [0.25, 0.3) is 0 Å². The SMILES string of the molecule is COC(=O)CCCCCC(C=C(C)C)C=C(C)C(C)CCCCCC(=O)OC. The van der Waals surface area contributed by atoms with Crippen molar-refractivity contribution in [1.29, 1.82) is 0 Å². The quantitative estimate of drug-likeness (QED) is 0.183. The first kappa shape index (κ1) is 26.4. The fourth-order valence-electron chi connectivity index (χ4n) is 3.30. The average molecular weight is 395 g/mol. The number of esters is 2. The zero-order chi connectivity index (χ0) is 21.4. The minimum absolute atomic E-state index is 0.111. The molecule has 0 aliphatic heterocycles. The minimum Gasteiger partial charge on any atom is -0.469 e. The lowest BCUT2D eigenvalue weighted by molar-refractivity contribution is -0.141. The largest absolute Gasteiger partial charge is 0.469 e. The molecular weight excluding hydrogens is 352 g/mol. The van der Waals surface area contributed by atoms with Gasteiger partial charge in [-0.3, -0.25) is 9.59 Å². The first-order chi connectivity index (χ1) is 13.3. The number of rotatable bonds is 15. The molecule has 0 aliphatic carbocycles. The van der Waals surface area contributed by atoms with Crippen LogP contribution in [0.15, 0.2) is 23.3 Å². The third kappa shape index (κ3) is 14.5. The maximum Gasteiger partial charge on any atom is 0.305 e. The van der Waals surface area contributed by atoms with E-state index in [9.17, 15) is 9.59 Å². The van der Waals surface area contributed by atoms with Gasteiger partial charge in [0.15, 0.2) is 0 Å². The van der Waals surface area contributed by atoms with Crippen LogP contribution in [0.5, 0.6) is 0 Å². The zero-order valence-corrected chi connectivity index (χ0v) is 19.0. The second-order valence-corrected chi connectivity index (χ2v) is 8.07. The minimum atomic E-state index is -0.114. The Balaban J connectivity index is 4.36. The average Bonchev–Trinajstić information content (AvgIpc) is 2.65. The Kier molecular flexibility index (Phi) is 15.5. The Bertz CT molecular complexity index is 501. The molecule has 0 heterocycles. The van der Waals surface area contributed by atoms with Crippen LogP contribution in [0.4, 0.5) is 0 Å². The van der Waals surface area contributed by atoms with Gasteiger partial charge in [-0.2, -0.15) is 0 Å². The fourth-order valence-corrected chi connectivity index (χ4v) is 3.30. The summed E-state index contributed by atoms with van der Waals surface area (Å²) in [4.78, 5) is 22.3. The van der Waals surface area contributed by atoms with Gasteiger partial charge in [-0.1, -0.05) is 55.9 Å². The molecule has 0 N–H and O–H groups in total. The summed E-state index contributed by atoms with van der Waals surface area (Å²) in [5.41, 5.74) is 2.80. The van der Waals surface area contributed by atoms with Crippen LogP contribution < -0.4 is 0 Å². The molecular formula is C24H42O4. The number of unbranched alkanes of at least 4 members (excludes halogenated alkanes) is 4. The van der Waals surface area contributed by atoms with E-state index in [-0.39, 0.29) is 11.9 Å². The topological polar surface area (TPSA) is 52.6 Å². The Morgan fingerprint density at radius 2 is 1.25 bits per heavy atom. The van der Waals surface area contributed by atoms with Crippen molar-refractivity contribution in [3.05, 3.63) is 23.3 Å². The van der Waals surface area contributed by atoms with Crippen LogP contribution in [0.1, 0.15) is 91.9 Å². The van der Waals surface area contributed by atoms with Crippen LogP contribution in [-0.4, -0.2) is 26.2 Å². The number of hydrogen-bond acceptors (Lipinski definition) is 4. The van der Waals surface area contributed by atoms with Crippen LogP contribution >= 0.6 is 0 Å². The van der Waals surface area contributed by atoms with E-state index >= 15 is 0 Å². The van der Waals surface area contributed by atoms with Gasteiger partial charge in [0.25, 0.3) is 0 Å². The highest BCUT2D eigenvalue weighted by molar-refractivity contribution is 5.69. The highest BCUT2D eigenvalue weighted by Crippen LogP contribution is 2.23. The van der Waals surface area contributed by atoms with E-state index < -0.39 is 0 Å². The number of carbonyl (C=O) groups excluding carboxylic acids is 2. The summed E-state index contributed by atoms with van der Waals surface area (Å²) in [5.74, 6) is 0.799. The van der Waals surface area contributed by atoms with Crippen molar-refractivity contribution in [2.45, 2.75) is 91.9 Å². The summed E-state index contributed by atoms with van der Waals surface area (Å²) < 4.78 is 9.37. The van der Waals surface area contributed by atoms with Gasteiger partial charge in [-0.05, 0) is 58.3 Å².